The van der Waals surface area contributed by atoms with Gasteiger partial charge in [-0.25, -0.2) is 9.59 Å². The number of nitrogens with zero attached hydrogens (tertiary/aromatic N) is 3. The molecule has 14 unspecified atom stereocenters. The first-order valence-corrected chi connectivity index (χ1v) is 31.6. The fourth-order valence-corrected chi connectivity index (χ4v) is 13.5. The molecule has 15 atom stereocenters. The Morgan fingerprint density at radius 2 is 1.53 bits per heavy atom. The average molecular weight is 1230 g/mol. The number of amides is 1. The number of aryl methyl sites for hydroxylation is 3. The zero-order valence-corrected chi connectivity index (χ0v) is 48.9. The minimum Gasteiger partial charge on any atom is -0.479 e. The summed E-state index contributed by atoms with van der Waals surface area (Å²) in [6, 6.07) is 12.3. The lowest BCUT2D eigenvalue weighted by Crippen LogP contribution is -2.64. The van der Waals surface area contributed by atoms with E-state index in [1.54, 1.807) is 24.4 Å². The standard InChI is InChI=1S/C57H76N4O22S2/c1-4-33-26-35(39(63)18-12-11-17-36-28-61(60-59-36)22-21-45(64)58-38-19-20-43(84(72,73)74)37-23-30(2)24-44(46(37)38)85(75,76)77)27-40(51(33)83-56-50(68)49(67)47(65)31(3)78-56)80-57-53(82-55(71)34-15-9-6-10-16-34)52(48(66)42(29-62)81-57)79-41(54(69)70)25-32-13-7-5-8-14-32/h6,9-10,15-16,19-20,23-24,28,31-33,35,40-42,47-53,56-57,62,65-68H,4-5,7-8,11-14,17-18,21-22,25-27,29H2,1-3H3,(H,58,64)(H,69,70)(H,72,73,74)(H,75,76,77)/t31?,33?,35?,40?,41-,42?,47?,48?,49?,50?,51?,52?,53?,56?,57?/m0/s1. The third-order valence-corrected chi connectivity index (χ3v) is 18.3. The van der Waals surface area contributed by atoms with Gasteiger partial charge in [-0.15, -0.1) is 5.10 Å². The molecule has 85 heavy (non-hydrogen) atoms. The Bertz CT molecular complexity index is 3200. The van der Waals surface area contributed by atoms with E-state index in [1.807, 2.05) is 6.92 Å². The number of hydrogen-bond acceptors (Lipinski definition) is 21. The van der Waals surface area contributed by atoms with Gasteiger partial charge in [-0.3, -0.25) is 23.4 Å². The largest absolute Gasteiger partial charge is 0.479 e. The van der Waals surface area contributed by atoms with Gasteiger partial charge in [0.2, 0.25) is 5.91 Å². The van der Waals surface area contributed by atoms with Gasteiger partial charge >= 0.3 is 11.9 Å². The Hall–Kier alpha value is -5.44. The molecule has 468 valence electrons. The number of carbonyl (C=O) groups is 4. The number of Topliss-reactive ketones (excluding diaryl/α,β-unsaturated/α-hetero) is 1. The first-order valence-electron chi connectivity index (χ1n) is 28.7. The van der Waals surface area contributed by atoms with Crippen molar-refractivity contribution < 1.29 is 104 Å². The normalized spacial score (nSPS) is 29.1. The fraction of sp³-hybridized carbons (Fsp3) is 0.614. The number of aliphatic carboxylic acids is 1. The Morgan fingerprint density at radius 1 is 0.812 bits per heavy atom. The highest BCUT2D eigenvalue weighted by molar-refractivity contribution is 7.86. The number of aliphatic hydroxyl groups excluding tert-OH is 5. The van der Waals surface area contributed by atoms with Gasteiger partial charge in [0.25, 0.3) is 20.2 Å². The van der Waals surface area contributed by atoms with Crippen LogP contribution in [0.15, 0.2) is 70.6 Å². The summed E-state index contributed by atoms with van der Waals surface area (Å²) in [6.07, 6.45) is -11.5. The summed E-state index contributed by atoms with van der Waals surface area (Å²) in [7, 11) is -9.80. The SMILES string of the molecule is CCC1CC(C(=O)CCCCc2cn(CCC(=O)Nc3ccc(S(=O)(=O)O)c4cc(C)cc(S(=O)(=O)O)c34)nn2)CC(OC2OC(CO)C(O)C(O[C@@H](CC3CCCCC3)C(=O)O)C2OC(=O)c2ccccc2)C1OC1OC(C)C(O)C(O)C1O. The van der Waals surface area contributed by atoms with Crippen LogP contribution in [-0.2, 0) is 76.0 Å². The summed E-state index contributed by atoms with van der Waals surface area (Å²) < 4.78 is 108. The minimum atomic E-state index is -4.94. The molecule has 26 nitrogen and oxygen atoms in total. The number of esters is 1. The number of carboxylic acid groups (broad SMARTS) is 1. The second-order valence-electron chi connectivity index (χ2n) is 22.6. The van der Waals surface area contributed by atoms with E-state index in [4.69, 9.17) is 28.4 Å². The summed E-state index contributed by atoms with van der Waals surface area (Å²) >= 11 is 0. The lowest BCUT2D eigenvalue weighted by atomic mass is 9.74. The quantitative estimate of drug-likeness (QED) is 0.0259. The zero-order valence-electron chi connectivity index (χ0n) is 47.3. The number of nitrogens with one attached hydrogen (secondary N) is 1. The molecule has 1 aromatic heterocycles. The molecular formula is C57H76N4O22S2. The Kier molecular flexibility index (Phi) is 22.0. The molecule has 4 aromatic rings. The molecule has 3 heterocycles. The van der Waals surface area contributed by atoms with Crippen LogP contribution in [-0.4, -0.2) is 182 Å². The van der Waals surface area contributed by atoms with Gasteiger partial charge in [0, 0.05) is 35.7 Å². The molecular weight excluding hydrogens is 1160 g/mol. The Morgan fingerprint density at radius 3 is 2.20 bits per heavy atom. The van der Waals surface area contributed by atoms with Gasteiger partial charge in [-0.2, -0.15) is 16.8 Å². The van der Waals surface area contributed by atoms with E-state index >= 15 is 0 Å². The average Bonchev–Trinajstić information content (AvgIpc) is 1.21. The number of hydrogen-bond donors (Lipinski definition) is 9. The van der Waals surface area contributed by atoms with Gasteiger partial charge < -0.3 is 64.4 Å². The van der Waals surface area contributed by atoms with Crippen molar-refractivity contribution in [1.82, 2.24) is 15.0 Å². The van der Waals surface area contributed by atoms with Crippen LogP contribution in [0.4, 0.5) is 5.69 Å². The lowest BCUT2D eigenvalue weighted by Gasteiger charge is -2.49. The summed E-state index contributed by atoms with van der Waals surface area (Å²) in [5.74, 6) is -4.19. The highest BCUT2D eigenvalue weighted by Crippen LogP contribution is 2.42. The van der Waals surface area contributed by atoms with Crippen molar-refractivity contribution in [3.63, 3.8) is 0 Å². The molecule has 0 radical (unpaired) electrons. The summed E-state index contributed by atoms with van der Waals surface area (Å²) in [6.45, 7) is 4.00. The number of carbonyl (C=O) groups excluding carboxylic acids is 3. The summed E-state index contributed by atoms with van der Waals surface area (Å²) in [5, 5.41) is 75.7. The predicted octanol–water partition coefficient (Wildman–Crippen LogP) is 3.69. The molecule has 8 rings (SSSR count). The van der Waals surface area contributed by atoms with Gasteiger partial charge in [-0.05, 0) is 106 Å². The molecule has 2 saturated carbocycles. The zero-order chi connectivity index (χ0) is 61.5. The van der Waals surface area contributed by atoms with Crippen LogP contribution in [0.5, 0.6) is 0 Å². The molecule has 3 aromatic carbocycles. The van der Waals surface area contributed by atoms with Gasteiger partial charge in [0.1, 0.15) is 52.2 Å². The number of ketones is 1. The second kappa shape index (κ2) is 28.6. The first-order chi connectivity index (χ1) is 40.3. The van der Waals surface area contributed by atoms with Crippen LogP contribution in [0.25, 0.3) is 10.8 Å². The minimum absolute atomic E-state index is 0.00302. The fourth-order valence-electron chi connectivity index (χ4n) is 12.0. The topological polar surface area (TPSA) is 397 Å². The van der Waals surface area contributed by atoms with Crippen molar-refractivity contribution in [2.24, 2.45) is 17.8 Å². The summed E-state index contributed by atoms with van der Waals surface area (Å²) in [4.78, 5) is 53.1. The maximum Gasteiger partial charge on any atom is 0.338 e. The van der Waals surface area contributed by atoms with Crippen LogP contribution < -0.4 is 5.32 Å². The third-order valence-electron chi connectivity index (χ3n) is 16.5. The highest BCUT2D eigenvalue weighted by atomic mass is 32.2. The van der Waals surface area contributed by atoms with Crippen LogP contribution in [0.3, 0.4) is 0 Å². The van der Waals surface area contributed by atoms with Crippen molar-refractivity contribution in [3.05, 3.63) is 77.6 Å². The molecule has 0 bridgehead atoms. The summed E-state index contributed by atoms with van der Waals surface area (Å²) in [5.41, 5.74) is 0.737. The van der Waals surface area contributed by atoms with Crippen LogP contribution >= 0.6 is 0 Å². The predicted molar refractivity (Wildman–Crippen MR) is 298 cm³/mol. The van der Waals surface area contributed by atoms with E-state index in [0.29, 0.717) is 31.4 Å². The van der Waals surface area contributed by atoms with Gasteiger partial charge in [0.05, 0.1) is 48.4 Å². The van der Waals surface area contributed by atoms with Gasteiger partial charge in [0.15, 0.2) is 24.8 Å². The number of unbranched alkanes of at least 4 members (excludes halogenated alkanes) is 1. The molecule has 2 saturated heterocycles. The van der Waals surface area contributed by atoms with Gasteiger partial charge in [-0.1, -0.05) is 68.9 Å². The molecule has 2 aliphatic heterocycles. The number of ether oxygens (including phenoxy) is 6. The lowest BCUT2D eigenvalue weighted by molar-refractivity contribution is -0.349. The van der Waals surface area contributed by atoms with Crippen molar-refractivity contribution >= 4 is 60.3 Å². The third kappa shape index (κ3) is 16.2. The van der Waals surface area contributed by atoms with Crippen LogP contribution in [0, 0.1) is 24.7 Å². The van der Waals surface area contributed by atoms with Crippen molar-refractivity contribution in [1.29, 1.82) is 0 Å². The van der Waals surface area contributed by atoms with E-state index in [9.17, 15) is 75.8 Å². The van der Waals surface area contributed by atoms with Crippen LogP contribution in [0.1, 0.15) is 119 Å². The molecule has 1 amide bonds. The second-order valence-corrected chi connectivity index (χ2v) is 25.4. The molecule has 2 aliphatic carbocycles. The van der Waals surface area contributed by atoms with E-state index < -0.39 is 146 Å². The van der Waals surface area contributed by atoms with Crippen LogP contribution in [0.2, 0.25) is 0 Å². The number of fused-ring (bicyclic) bond motifs is 1. The molecule has 4 fully saturated rings. The van der Waals surface area contributed by atoms with Crippen molar-refractivity contribution in [2.75, 3.05) is 11.9 Å². The number of benzene rings is 3. The molecule has 9 N–H and O–H groups in total. The van der Waals surface area contributed by atoms with E-state index in [-0.39, 0.29) is 77.9 Å². The molecule has 4 aliphatic rings. The number of carboxylic acids is 1. The Labute approximate surface area is 491 Å². The molecule has 0 spiro atoms. The number of anilines is 1. The number of aromatic nitrogens is 3. The van der Waals surface area contributed by atoms with Crippen molar-refractivity contribution in [2.45, 2.75) is 207 Å². The van der Waals surface area contributed by atoms with E-state index in [0.717, 1.165) is 50.3 Å². The Balaban J connectivity index is 0.965. The first kappa shape index (κ1) is 65.5. The molecule has 28 heteroatoms. The maximum absolute atomic E-state index is 14.4. The number of rotatable bonds is 25. The smallest absolute Gasteiger partial charge is 0.338 e. The van der Waals surface area contributed by atoms with E-state index in [2.05, 4.69) is 15.6 Å². The van der Waals surface area contributed by atoms with Crippen molar-refractivity contribution in [3.8, 4) is 0 Å². The maximum atomic E-state index is 14.4. The highest BCUT2D eigenvalue weighted by Gasteiger charge is 2.54. The monoisotopic (exact) mass is 1230 g/mol. The number of aliphatic hydroxyl groups is 5. The van der Waals surface area contributed by atoms with E-state index in [1.165, 1.54) is 36.7 Å².